The topological polar surface area (TPSA) is 49.3 Å². The first kappa shape index (κ1) is 8.53. The minimum absolute atomic E-state index is 0.0394. The number of aliphatic hydroxyl groups is 1. The van der Waals surface area contributed by atoms with Crippen molar-refractivity contribution >= 4 is 5.91 Å². The largest absolute Gasteiger partial charge is 0.395 e. The molecule has 0 radical (unpaired) electrons. The lowest BCUT2D eigenvalue weighted by Gasteiger charge is -2.20. The van der Waals surface area contributed by atoms with Crippen LogP contribution in [0.4, 0.5) is 0 Å². The first-order chi connectivity index (χ1) is 5.06. The van der Waals surface area contributed by atoms with Gasteiger partial charge >= 0.3 is 0 Å². The van der Waals surface area contributed by atoms with Crippen molar-refractivity contribution in [1.82, 2.24) is 5.32 Å². The maximum atomic E-state index is 11.3. The highest BCUT2D eigenvalue weighted by Gasteiger charge is 2.31. The molecule has 0 heterocycles. The van der Waals surface area contributed by atoms with Crippen LogP contribution in [0, 0.1) is 5.41 Å². The van der Waals surface area contributed by atoms with Crippen molar-refractivity contribution in [3.05, 3.63) is 0 Å². The number of hydrogen-bond acceptors (Lipinski definition) is 2. The maximum absolute atomic E-state index is 11.3. The Morgan fingerprint density at radius 2 is 2.18 bits per heavy atom. The Kier molecular flexibility index (Phi) is 2.18. The summed E-state index contributed by atoms with van der Waals surface area (Å²) in [7, 11) is 0. The number of aliphatic hydroxyl groups excluding tert-OH is 1. The van der Waals surface area contributed by atoms with Gasteiger partial charge in [0.15, 0.2) is 0 Å². The molecule has 0 aromatic rings. The molecule has 0 spiro atoms. The van der Waals surface area contributed by atoms with Crippen molar-refractivity contribution in [1.29, 1.82) is 0 Å². The number of carbonyl (C=O) groups excluding carboxylic acids is 1. The average molecular weight is 157 g/mol. The fraction of sp³-hybridized carbons (Fsp3) is 0.875. The van der Waals surface area contributed by atoms with Gasteiger partial charge in [-0.25, -0.2) is 0 Å². The third kappa shape index (κ3) is 2.19. The highest BCUT2D eigenvalue weighted by atomic mass is 16.3. The number of amides is 1. The van der Waals surface area contributed by atoms with E-state index in [1.807, 2.05) is 0 Å². The van der Waals surface area contributed by atoms with Gasteiger partial charge in [0.05, 0.1) is 12.0 Å². The van der Waals surface area contributed by atoms with E-state index in [4.69, 9.17) is 5.11 Å². The first-order valence-corrected chi connectivity index (χ1v) is 3.98. The van der Waals surface area contributed by atoms with Crippen molar-refractivity contribution < 1.29 is 9.90 Å². The molecule has 1 rings (SSSR count). The molecular weight excluding hydrogens is 142 g/mol. The second kappa shape index (κ2) is 2.81. The Balaban J connectivity index is 2.37. The van der Waals surface area contributed by atoms with E-state index in [0.29, 0.717) is 6.04 Å². The molecule has 0 aromatic carbocycles. The van der Waals surface area contributed by atoms with Crippen LogP contribution >= 0.6 is 0 Å². The van der Waals surface area contributed by atoms with E-state index in [0.717, 1.165) is 12.8 Å². The van der Waals surface area contributed by atoms with Gasteiger partial charge in [0.1, 0.15) is 0 Å². The highest BCUT2D eigenvalue weighted by molar-refractivity contribution is 5.82. The van der Waals surface area contributed by atoms with Crippen LogP contribution in [0.15, 0.2) is 0 Å². The number of hydrogen-bond donors (Lipinski definition) is 2. The molecule has 0 unspecified atom stereocenters. The summed E-state index contributed by atoms with van der Waals surface area (Å²) >= 11 is 0. The van der Waals surface area contributed by atoms with Gasteiger partial charge in [0.2, 0.25) is 5.91 Å². The van der Waals surface area contributed by atoms with Gasteiger partial charge in [-0.15, -0.1) is 0 Å². The Morgan fingerprint density at radius 1 is 1.64 bits per heavy atom. The molecular formula is C8H15NO2. The van der Waals surface area contributed by atoms with E-state index in [2.05, 4.69) is 5.32 Å². The predicted octanol–water partition coefficient (Wildman–Crippen LogP) is 0.283. The zero-order chi connectivity index (χ0) is 8.48. The minimum Gasteiger partial charge on any atom is -0.395 e. The first-order valence-electron chi connectivity index (χ1n) is 3.98. The summed E-state index contributed by atoms with van der Waals surface area (Å²) in [4.78, 5) is 11.3. The smallest absolute Gasteiger partial charge is 0.228 e. The zero-order valence-corrected chi connectivity index (χ0v) is 7.05. The SMILES string of the molecule is CC(C)(CO)C(=O)NC1CC1. The van der Waals surface area contributed by atoms with Crippen molar-refractivity contribution in [3.63, 3.8) is 0 Å². The number of carbonyl (C=O) groups is 1. The molecule has 11 heavy (non-hydrogen) atoms. The lowest BCUT2D eigenvalue weighted by atomic mass is 9.94. The van der Waals surface area contributed by atoms with Crippen LogP contribution < -0.4 is 5.32 Å². The van der Waals surface area contributed by atoms with E-state index in [9.17, 15) is 4.79 Å². The van der Waals surface area contributed by atoms with E-state index in [1.165, 1.54) is 0 Å². The lowest BCUT2D eigenvalue weighted by Crippen LogP contribution is -2.40. The van der Waals surface area contributed by atoms with Gasteiger partial charge in [-0.3, -0.25) is 4.79 Å². The second-order valence-corrected chi connectivity index (χ2v) is 3.79. The fourth-order valence-corrected chi connectivity index (χ4v) is 0.680. The van der Waals surface area contributed by atoms with Gasteiger partial charge < -0.3 is 10.4 Å². The van der Waals surface area contributed by atoms with Crippen molar-refractivity contribution in [2.24, 2.45) is 5.41 Å². The van der Waals surface area contributed by atoms with Crippen LogP contribution in [0.2, 0.25) is 0 Å². The quantitative estimate of drug-likeness (QED) is 0.618. The Hall–Kier alpha value is -0.570. The zero-order valence-electron chi connectivity index (χ0n) is 7.05. The van der Waals surface area contributed by atoms with Crippen LogP contribution in [-0.2, 0) is 4.79 Å². The van der Waals surface area contributed by atoms with Crippen LogP contribution in [0.25, 0.3) is 0 Å². The van der Waals surface area contributed by atoms with E-state index in [-0.39, 0.29) is 12.5 Å². The average Bonchev–Trinajstić information content (AvgIpc) is 2.72. The summed E-state index contributed by atoms with van der Waals surface area (Å²) in [5.41, 5.74) is -0.622. The molecule has 3 heteroatoms. The van der Waals surface area contributed by atoms with Crippen molar-refractivity contribution in [2.45, 2.75) is 32.7 Å². The molecule has 0 aliphatic heterocycles. The highest BCUT2D eigenvalue weighted by Crippen LogP contribution is 2.22. The van der Waals surface area contributed by atoms with Gasteiger partial charge in [0.25, 0.3) is 0 Å². The van der Waals surface area contributed by atoms with Gasteiger partial charge in [-0.2, -0.15) is 0 Å². The molecule has 0 aromatic heterocycles. The normalized spacial score (nSPS) is 18.1. The van der Waals surface area contributed by atoms with Crippen LogP contribution in [-0.4, -0.2) is 23.7 Å². The predicted molar refractivity (Wildman–Crippen MR) is 42.0 cm³/mol. The minimum atomic E-state index is -0.622. The molecule has 2 N–H and O–H groups in total. The molecule has 1 saturated carbocycles. The molecule has 0 atom stereocenters. The third-order valence-corrected chi connectivity index (χ3v) is 1.92. The summed E-state index contributed by atoms with van der Waals surface area (Å²) in [6.45, 7) is 3.39. The number of nitrogens with one attached hydrogen (secondary N) is 1. The summed E-state index contributed by atoms with van der Waals surface area (Å²) in [5.74, 6) is -0.0394. The third-order valence-electron chi connectivity index (χ3n) is 1.92. The summed E-state index contributed by atoms with van der Waals surface area (Å²) < 4.78 is 0. The lowest BCUT2D eigenvalue weighted by molar-refractivity contribution is -0.131. The molecule has 1 aliphatic carbocycles. The molecule has 1 fully saturated rings. The Morgan fingerprint density at radius 3 is 2.55 bits per heavy atom. The van der Waals surface area contributed by atoms with Gasteiger partial charge in [0, 0.05) is 6.04 Å². The van der Waals surface area contributed by atoms with Gasteiger partial charge in [-0.05, 0) is 26.7 Å². The summed E-state index contributed by atoms with van der Waals surface area (Å²) in [6, 6.07) is 0.383. The van der Waals surface area contributed by atoms with Crippen LogP contribution in [0.5, 0.6) is 0 Å². The fourth-order valence-electron chi connectivity index (χ4n) is 0.680. The molecule has 1 amide bonds. The number of rotatable bonds is 3. The molecule has 64 valence electrons. The summed E-state index contributed by atoms with van der Waals surface area (Å²) in [6.07, 6.45) is 2.18. The van der Waals surface area contributed by atoms with E-state index < -0.39 is 5.41 Å². The van der Waals surface area contributed by atoms with Crippen LogP contribution in [0.1, 0.15) is 26.7 Å². The Bertz CT molecular complexity index is 161. The van der Waals surface area contributed by atoms with E-state index in [1.54, 1.807) is 13.8 Å². The molecule has 0 saturated heterocycles. The Labute approximate surface area is 66.8 Å². The van der Waals surface area contributed by atoms with Gasteiger partial charge in [-0.1, -0.05) is 0 Å². The maximum Gasteiger partial charge on any atom is 0.228 e. The van der Waals surface area contributed by atoms with Crippen LogP contribution in [0.3, 0.4) is 0 Å². The monoisotopic (exact) mass is 157 g/mol. The van der Waals surface area contributed by atoms with Crippen molar-refractivity contribution in [3.8, 4) is 0 Å². The molecule has 1 aliphatic rings. The van der Waals surface area contributed by atoms with Crippen molar-refractivity contribution in [2.75, 3.05) is 6.61 Å². The summed E-state index contributed by atoms with van der Waals surface area (Å²) in [5, 5.41) is 11.7. The standard InChI is InChI=1S/C8H15NO2/c1-8(2,5-10)7(11)9-6-3-4-6/h6,10H,3-5H2,1-2H3,(H,9,11). The second-order valence-electron chi connectivity index (χ2n) is 3.79. The molecule has 0 bridgehead atoms. The molecule has 3 nitrogen and oxygen atoms in total. The van der Waals surface area contributed by atoms with E-state index >= 15 is 0 Å².